The summed E-state index contributed by atoms with van der Waals surface area (Å²) in [5, 5.41) is 11.6. The Hall–Kier alpha value is -1.30. The lowest BCUT2D eigenvalue weighted by Crippen LogP contribution is -2.28. The molecule has 1 amide bonds. The summed E-state index contributed by atoms with van der Waals surface area (Å²) in [5.41, 5.74) is 0.164. The van der Waals surface area contributed by atoms with Crippen molar-refractivity contribution in [3.05, 3.63) is 22.4 Å². The third-order valence-electron chi connectivity index (χ3n) is 2.45. The van der Waals surface area contributed by atoms with Crippen LogP contribution in [0.4, 0.5) is 0 Å². The largest absolute Gasteiger partial charge is 0.478 e. The van der Waals surface area contributed by atoms with E-state index in [2.05, 4.69) is 35.1 Å². The van der Waals surface area contributed by atoms with Crippen LogP contribution < -0.4 is 5.32 Å². The first kappa shape index (κ1) is 14.8. The van der Waals surface area contributed by atoms with Crippen molar-refractivity contribution in [2.24, 2.45) is 5.92 Å². The first-order chi connectivity index (χ1) is 8.40. The Morgan fingerprint density at radius 3 is 2.67 bits per heavy atom. The van der Waals surface area contributed by atoms with Crippen LogP contribution in [0.5, 0.6) is 0 Å². The molecular weight excluding hydrogens is 300 g/mol. The SMILES string of the molecule is CC(C)CCNC(=O)Cn1cc(C(=O)O)cc1Br. The summed E-state index contributed by atoms with van der Waals surface area (Å²) in [6.45, 7) is 4.94. The standard InChI is InChI=1S/C12H17BrN2O3/c1-8(2)3-4-14-11(16)7-15-6-9(12(17)18)5-10(15)13/h5-6,8H,3-4,7H2,1-2H3,(H,14,16)(H,17,18). The fraction of sp³-hybridized carbons (Fsp3) is 0.500. The number of aromatic nitrogens is 1. The summed E-state index contributed by atoms with van der Waals surface area (Å²) in [7, 11) is 0. The van der Waals surface area contributed by atoms with Gasteiger partial charge in [0.25, 0.3) is 0 Å². The lowest BCUT2D eigenvalue weighted by Gasteiger charge is -2.08. The van der Waals surface area contributed by atoms with Crippen LogP contribution in [0.15, 0.2) is 16.9 Å². The second-order valence-corrected chi connectivity index (χ2v) is 5.33. The van der Waals surface area contributed by atoms with Crippen molar-refractivity contribution >= 4 is 27.8 Å². The molecule has 0 saturated carbocycles. The number of halogens is 1. The van der Waals surface area contributed by atoms with Crippen molar-refractivity contribution < 1.29 is 14.7 Å². The maximum atomic E-state index is 11.6. The molecule has 100 valence electrons. The molecule has 0 aromatic carbocycles. The molecule has 0 bridgehead atoms. The molecule has 0 saturated heterocycles. The summed E-state index contributed by atoms with van der Waals surface area (Å²) < 4.78 is 2.15. The summed E-state index contributed by atoms with van der Waals surface area (Å²) in [6.07, 6.45) is 2.37. The van der Waals surface area contributed by atoms with Gasteiger partial charge in [0.2, 0.25) is 5.91 Å². The van der Waals surface area contributed by atoms with Crippen molar-refractivity contribution in [1.29, 1.82) is 0 Å². The molecular formula is C12H17BrN2O3. The van der Waals surface area contributed by atoms with Crippen LogP contribution in [0.25, 0.3) is 0 Å². The highest BCUT2D eigenvalue weighted by atomic mass is 79.9. The number of carbonyl (C=O) groups excluding carboxylic acids is 1. The Labute approximate surface area is 114 Å². The molecule has 1 aromatic heterocycles. The van der Waals surface area contributed by atoms with E-state index >= 15 is 0 Å². The minimum absolute atomic E-state index is 0.117. The van der Waals surface area contributed by atoms with E-state index in [0.717, 1.165) is 6.42 Å². The number of nitrogens with zero attached hydrogens (tertiary/aromatic N) is 1. The quantitative estimate of drug-likeness (QED) is 0.844. The molecule has 0 radical (unpaired) electrons. The lowest BCUT2D eigenvalue weighted by atomic mass is 10.1. The Morgan fingerprint density at radius 1 is 1.50 bits per heavy atom. The molecule has 6 heteroatoms. The van der Waals surface area contributed by atoms with Crippen LogP contribution in [0.3, 0.4) is 0 Å². The number of aromatic carboxylic acids is 1. The van der Waals surface area contributed by atoms with Crippen LogP contribution >= 0.6 is 15.9 Å². The zero-order valence-corrected chi connectivity index (χ0v) is 12.0. The topological polar surface area (TPSA) is 71.3 Å². The van der Waals surface area contributed by atoms with Gasteiger partial charge in [-0.1, -0.05) is 13.8 Å². The number of hydrogen-bond acceptors (Lipinski definition) is 2. The third kappa shape index (κ3) is 4.52. The predicted octanol–water partition coefficient (Wildman–Crippen LogP) is 2.11. The predicted molar refractivity (Wildman–Crippen MR) is 71.6 cm³/mol. The molecule has 1 aromatic rings. The Bertz CT molecular complexity index is 441. The van der Waals surface area contributed by atoms with Crippen molar-refractivity contribution in [1.82, 2.24) is 9.88 Å². The lowest BCUT2D eigenvalue weighted by molar-refractivity contribution is -0.121. The zero-order chi connectivity index (χ0) is 13.7. The molecule has 0 atom stereocenters. The molecule has 1 heterocycles. The Balaban J connectivity index is 2.51. The number of amides is 1. The van der Waals surface area contributed by atoms with Crippen molar-refractivity contribution in [2.75, 3.05) is 6.54 Å². The monoisotopic (exact) mass is 316 g/mol. The normalized spacial score (nSPS) is 10.7. The number of carbonyl (C=O) groups is 2. The summed E-state index contributed by atoms with van der Waals surface area (Å²) in [6, 6.07) is 1.48. The minimum Gasteiger partial charge on any atom is -0.478 e. The highest BCUT2D eigenvalue weighted by Gasteiger charge is 2.11. The van der Waals surface area contributed by atoms with E-state index in [-0.39, 0.29) is 18.0 Å². The number of hydrogen-bond donors (Lipinski definition) is 2. The second kappa shape index (κ2) is 6.58. The van der Waals surface area contributed by atoms with Gasteiger partial charge >= 0.3 is 5.97 Å². The van der Waals surface area contributed by atoms with Gasteiger partial charge in [-0.3, -0.25) is 4.79 Å². The molecule has 0 unspecified atom stereocenters. The van der Waals surface area contributed by atoms with Crippen LogP contribution in [-0.2, 0) is 11.3 Å². The summed E-state index contributed by atoms with van der Waals surface area (Å²) in [5.74, 6) is -0.583. The van der Waals surface area contributed by atoms with E-state index in [0.29, 0.717) is 17.1 Å². The molecule has 0 fully saturated rings. The van der Waals surface area contributed by atoms with E-state index in [1.807, 2.05) is 0 Å². The van der Waals surface area contributed by atoms with Crippen molar-refractivity contribution in [3.8, 4) is 0 Å². The van der Waals surface area contributed by atoms with Crippen LogP contribution in [0, 0.1) is 5.92 Å². The number of nitrogens with one attached hydrogen (secondary N) is 1. The molecule has 5 nitrogen and oxygen atoms in total. The van der Waals surface area contributed by atoms with Crippen molar-refractivity contribution in [3.63, 3.8) is 0 Å². The number of carboxylic acids is 1. The first-order valence-corrected chi connectivity index (χ1v) is 6.55. The third-order valence-corrected chi connectivity index (χ3v) is 3.13. The average Bonchev–Trinajstić information content (AvgIpc) is 2.60. The minimum atomic E-state index is -1.00. The average molecular weight is 317 g/mol. The van der Waals surface area contributed by atoms with Gasteiger partial charge in [0.05, 0.1) is 10.2 Å². The second-order valence-electron chi connectivity index (χ2n) is 4.52. The van der Waals surface area contributed by atoms with Gasteiger partial charge in [-0.15, -0.1) is 0 Å². The van der Waals surface area contributed by atoms with Crippen LogP contribution in [-0.4, -0.2) is 28.1 Å². The Morgan fingerprint density at radius 2 is 2.17 bits per heavy atom. The van der Waals surface area contributed by atoms with E-state index < -0.39 is 5.97 Å². The van der Waals surface area contributed by atoms with Crippen molar-refractivity contribution in [2.45, 2.75) is 26.8 Å². The molecule has 2 N–H and O–H groups in total. The van der Waals surface area contributed by atoms with E-state index in [4.69, 9.17) is 5.11 Å². The van der Waals surface area contributed by atoms with Gasteiger partial charge < -0.3 is 15.0 Å². The fourth-order valence-electron chi connectivity index (χ4n) is 1.43. The van der Waals surface area contributed by atoms with Crippen LogP contribution in [0.1, 0.15) is 30.6 Å². The number of rotatable bonds is 6. The molecule has 0 aliphatic carbocycles. The summed E-state index contributed by atoms with van der Waals surface area (Å²) >= 11 is 3.22. The molecule has 0 spiro atoms. The van der Waals surface area contributed by atoms with Gasteiger partial charge in [-0.2, -0.15) is 0 Å². The highest BCUT2D eigenvalue weighted by molar-refractivity contribution is 9.10. The highest BCUT2D eigenvalue weighted by Crippen LogP contribution is 2.15. The van der Waals surface area contributed by atoms with E-state index in [1.165, 1.54) is 12.3 Å². The zero-order valence-electron chi connectivity index (χ0n) is 10.4. The van der Waals surface area contributed by atoms with E-state index in [1.54, 1.807) is 4.57 Å². The maximum Gasteiger partial charge on any atom is 0.337 e. The van der Waals surface area contributed by atoms with Crippen LogP contribution in [0.2, 0.25) is 0 Å². The molecule has 0 aliphatic heterocycles. The van der Waals surface area contributed by atoms with Gasteiger partial charge in [-0.05, 0) is 34.3 Å². The van der Waals surface area contributed by atoms with Gasteiger partial charge in [-0.25, -0.2) is 4.79 Å². The molecule has 18 heavy (non-hydrogen) atoms. The van der Waals surface area contributed by atoms with Gasteiger partial charge in [0.15, 0.2) is 0 Å². The fourth-order valence-corrected chi connectivity index (χ4v) is 1.90. The number of carboxylic acid groups (broad SMARTS) is 1. The maximum absolute atomic E-state index is 11.6. The van der Waals surface area contributed by atoms with E-state index in [9.17, 15) is 9.59 Å². The molecule has 1 rings (SSSR count). The molecule has 0 aliphatic rings. The van der Waals surface area contributed by atoms with Gasteiger partial charge in [0, 0.05) is 12.7 Å². The van der Waals surface area contributed by atoms with Gasteiger partial charge in [0.1, 0.15) is 6.54 Å². The first-order valence-electron chi connectivity index (χ1n) is 5.75. The Kier molecular flexibility index (Phi) is 5.40. The smallest absolute Gasteiger partial charge is 0.337 e. The summed E-state index contributed by atoms with van der Waals surface area (Å²) in [4.78, 5) is 22.4.